The van der Waals surface area contributed by atoms with E-state index in [1.807, 2.05) is 31.3 Å². The predicted octanol–water partition coefficient (Wildman–Crippen LogP) is 2.92. The molecule has 0 amide bonds. The van der Waals surface area contributed by atoms with Gasteiger partial charge >= 0.3 is 0 Å². The van der Waals surface area contributed by atoms with E-state index in [1.165, 1.54) is 12.1 Å². The fourth-order valence-electron chi connectivity index (χ4n) is 3.28. The summed E-state index contributed by atoms with van der Waals surface area (Å²) in [5.74, 6) is 1.90. The van der Waals surface area contributed by atoms with E-state index < -0.39 is 4.92 Å². The van der Waals surface area contributed by atoms with Crippen LogP contribution in [0.1, 0.15) is 18.9 Å². The van der Waals surface area contributed by atoms with Gasteiger partial charge in [0.15, 0.2) is 0 Å². The number of anilines is 1. The third-order valence-corrected chi connectivity index (χ3v) is 4.96. The fourth-order valence-corrected chi connectivity index (χ4v) is 3.28. The Bertz CT molecular complexity index is 936. The number of piperazine rings is 1. The SMILES string of the molecule is C[C@H](c1nnc(-c2ccc([N+](=O)[O-])cc2)o1)N1CCN(c2ccccn2)CC1. The van der Waals surface area contributed by atoms with Crippen LogP contribution in [-0.4, -0.2) is 51.2 Å². The molecule has 1 aliphatic rings. The number of nitrogens with zero attached hydrogens (tertiary/aromatic N) is 6. The minimum atomic E-state index is -0.435. The average molecular weight is 380 g/mol. The minimum absolute atomic E-state index is 0.00909. The van der Waals surface area contributed by atoms with Crippen molar-refractivity contribution in [2.75, 3.05) is 31.1 Å². The van der Waals surface area contributed by atoms with E-state index in [1.54, 1.807) is 12.1 Å². The zero-order valence-corrected chi connectivity index (χ0v) is 15.4. The third kappa shape index (κ3) is 3.70. The van der Waals surface area contributed by atoms with E-state index in [0.29, 0.717) is 17.3 Å². The molecule has 1 aromatic carbocycles. The quantitative estimate of drug-likeness (QED) is 0.492. The van der Waals surface area contributed by atoms with Crippen molar-refractivity contribution < 1.29 is 9.34 Å². The number of aromatic nitrogens is 3. The lowest BCUT2D eigenvalue weighted by Gasteiger charge is -2.37. The monoisotopic (exact) mass is 380 g/mol. The molecule has 9 heteroatoms. The topological polar surface area (TPSA) is 101 Å². The Morgan fingerprint density at radius 1 is 1.07 bits per heavy atom. The van der Waals surface area contributed by atoms with Crippen molar-refractivity contribution >= 4 is 11.5 Å². The second kappa shape index (κ2) is 7.73. The molecule has 2 aromatic heterocycles. The Morgan fingerprint density at radius 2 is 1.82 bits per heavy atom. The van der Waals surface area contributed by atoms with Crippen molar-refractivity contribution in [3.8, 4) is 11.5 Å². The van der Waals surface area contributed by atoms with Crippen LogP contribution in [0.15, 0.2) is 53.1 Å². The van der Waals surface area contributed by atoms with Crippen LogP contribution in [0, 0.1) is 10.1 Å². The van der Waals surface area contributed by atoms with Crippen molar-refractivity contribution in [1.29, 1.82) is 0 Å². The van der Waals surface area contributed by atoms with Crippen LogP contribution in [0.3, 0.4) is 0 Å². The zero-order valence-electron chi connectivity index (χ0n) is 15.4. The number of hydrogen-bond donors (Lipinski definition) is 0. The molecule has 3 heterocycles. The summed E-state index contributed by atoms with van der Waals surface area (Å²) >= 11 is 0. The first kappa shape index (κ1) is 18.1. The van der Waals surface area contributed by atoms with E-state index in [4.69, 9.17) is 4.42 Å². The summed E-state index contributed by atoms with van der Waals surface area (Å²) in [6.45, 7) is 5.54. The van der Waals surface area contributed by atoms with Crippen molar-refractivity contribution in [1.82, 2.24) is 20.1 Å². The Balaban J connectivity index is 1.41. The molecule has 1 fully saturated rings. The molecule has 4 rings (SSSR count). The van der Waals surface area contributed by atoms with E-state index >= 15 is 0 Å². The molecule has 0 aliphatic carbocycles. The van der Waals surface area contributed by atoms with Crippen molar-refractivity contribution in [3.63, 3.8) is 0 Å². The molecule has 1 aliphatic heterocycles. The van der Waals surface area contributed by atoms with Gasteiger partial charge in [-0.3, -0.25) is 15.0 Å². The molecule has 28 heavy (non-hydrogen) atoms. The van der Waals surface area contributed by atoms with Gasteiger partial charge in [-0.25, -0.2) is 4.98 Å². The summed E-state index contributed by atoms with van der Waals surface area (Å²) < 4.78 is 5.84. The highest BCUT2D eigenvalue weighted by molar-refractivity contribution is 5.55. The number of benzene rings is 1. The number of hydrogen-bond acceptors (Lipinski definition) is 8. The molecule has 0 bridgehead atoms. The van der Waals surface area contributed by atoms with Gasteiger partial charge in [0.05, 0.1) is 11.0 Å². The van der Waals surface area contributed by atoms with E-state index in [2.05, 4.69) is 25.0 Å². The maximum absolute atomic E-state index is 10.8. The lowest BCUT2D eigenvalue weighted by atomic mass is 10.2. The summed E-state index contributed by atoms with van der Waals surface area (Å²) in [5.41, 5.74) is 0.694. The third-order valence-electron chi connectivity index (χ3n) is 4.96. The van der Waals surface area contributed by atoms with Crippen LogP contribution >= 0.6 is 0 Å². The molecule has 0 N–H and O–H groups in total. The van der Waals surface area contributed by atoms with Gasteiger partial charge in [-0.2, -0.15) is 0 Å². The second-order valence-corrected chi connectivity index (χ2v) is 6.64. The minimum Gasteiger partial charge on any atom is -0.419 e. The van der Waals surface area contributed by atoms with Gasteiger partial charge in [-0.15, -0.1) is 10.2 Å². The van der Waals surface area contributed by atoms with Gasteiger partial charge < -0.3 is 9.32 Å². The van der Waals surface area contributed by atoms with Crippen LogP contribution in [0.4, 0.5) is 11.5 Å². The number of nitro groups is 1. The second-order valence-electron chi connectivity index (χ2n) is 6.64. The van der Waals surface area contributed by atoms with E-state index in [9.17, 15) is 10.1 Å². The molecule has 1 atom stereocenters. The molecule has 1 saturated heterocycles. The summed E-state index contributed by atoms with van der Waals surface area (Å²) in [4.78, 5) is 19.3. The average Bonchev–Trinajstić information content (AvgIpc) is 3.24. The highest BCUT2D eigenvalue weighted by atomic mass is 16.6. The Labute approximate surface area is 161 Å². The van der Waals surface area contributed by atoms with E-state index in [-0.39, 0.29) is 11.7 Å². The number of rotatable bonds is 5. The first-order valence-corrected chi connectivity index (χ1v) is 9.10. The van der Waals surface area contributed by atoms with Gasteiger partial charge in [0, 0.05) is 50.1 Å². The van der Waals surface area contributed by atoms with Gasteiger partial charge in [0.1, 0.15) is 5.82 Å². The van der Waals surface area contributed by atoms with Crippen molar-refractivity contribution in [2.45, 2.75) is 13.0 Å². The van der Waals surface area contributed by atoms with Crippen molar-refractivity contribution in [2.24, 2.45) is 0 Å². The maximum Gasteiger partial charge on any atom is 0.269 e. The molecule has 9 nitrogen and oxygen atoms in total. The highest BCUT2D eigenvalue weighted by Gasteiger charge is 2.26. The lowest BCUT2D eigenvalue weighted by molar-refractivity contribution is -0.384. The normalized spacial score (nSPS) is 16.1. The largest absolute Gasteiger partial charge is 0.419 e. The number of pyridine rings is 1. The summed E-state index contributed by atoms with van der Waals surface area (Å²) in [5, 5.41) is 19.1. The molecule has 3 aromatic rings. The van der Waals surface area contributed by atoms with Crippen molar-refractivity contribution in [3.05, 3.63) is 64.7 Å². The van der Waals surface area contributed by atoms with Gasteiger partial charge in [-0.05, 0) is 31.2 Å². The van der Waals surface area contributed by atoms with Crippen LogP contribution in [0.5, 0.6) is 0 Å². The van der Waals surface area contributed by atoms with Crippen LogP contribution in [-0.2, 0) is 0 Å². The summed E-state index contributed by atoms with van der Waals surface area (Å²) in [6, 6.07) is 12.0. The standard InChI is InChI=1S/C19H20N6O3/c1-14(23-10-12-24(13-11-23)17-4-2-3-9-20-17)18-21-22-19(28-18)15-5-7-16(8-6-15)25(26)27/h2-9,14H,10-13H2,1H3/t14-/m1/s1. The predicted molar refractivity (Wildman–Crippen MR) is 103 cm³/mol. The molecule has 0 radical (unpaired) electrons. The van der Waals surface area contributed by atoms with Crippen LogP contribution in [0.25, 0.3) is 11.5 Å². The van der Waals surface area contributed by atoms with Crippen LogP contribution < -0.4 is 4.90 Å². The molecule has 144 valence electrons. The fraction of sp³-hybridized carbons (Fsp3) is 0.316. The summed E-state index contributed by atoms with van der Waals surface area (Å²) in [6.07, 6.45) is 1.81. The summed E-state index contributed by atoms with van der Waals surface area (Å²) in [7, 11) is 0. The van der Waals surface area contributed by atoms with E-state index in [0.717, 1.165) is 32.0 Å². The number of non-ortho nitro benzene ring substituents is 1. The van der Waals surface area contributed by atoms with Gasteiger partial charge in [-0.1, -0.05) is 6.07 Å². The maximum atomic E-state index is 10.8. The molecule has 0 unspecified atom stereocenters. The van der Waals surface area contributed by atoms with Crippen LogP contribution in [0.2, 0.25) is 0 Å². The Morgan fingerprint density at radius 3 is 2.46 bits per heavy atom. The first-order chi connectivity index (χ1) is 13.6. The smallest absolute Gasteiger partial charge is 0.269 e. The Kier molecular flexibility index (Phi) is 4.98. The molecular formula is C19H20N6O3. The lowest BCUT2D eigenvalue weighted by Crippen LogP contribution is -2.47. The van der Waals surface area contributed by atoms with Gasteiger partial charge in [0.2, 0.25) is 11.8 Å². The first-order valence-electron chi connectivity index (χ1n) is 9.10. The zero-order chi connectivity index (χ0) is 19.5. The Hall–Kier alpha value is -3.33. The molecular weight excluding hydrogens is 360 g/mol. The van der Waals surface area contributed by atoms with Gasteiger partial charge in [0.25, 0.3) is 5.69 Å². The highest BCUT2D eigenvalue weighted by Crippen LogP contribution is 2.26. The molecule has 0 saturated carbocycles. The molecule has 0 spiro atoms. The number of nitro benzene ring substituents is 1.